The number of nitrogens with one attached hydrogen (secondary N) is 1. The fraction of sp³-hybridized carbons (Fsp3) is 0.536. The lowest BCUT2D eigenvalue weighted by molar-refractivity contribution is -0.123. The zero-order valence-electron chi connectivity index (χ0n) is 22.6. The smallest absolute Gasteiger partial charge is 0.332 e. The molecule has 1 aromatic carbocycles. The van der Waals surface area contributed by atoms with Crippen LogP contribution in [-0.2, 0) is 31.5 Å². The van der Waals surface area contributed by atoms with Gasteiger partial charge in [-0.1, -0.05) is 12.5 Å². The summed E-state index contributed by atoms with van der Waals surface area (Å²) in [6.07, 6.45) is 7.67. The van der Waals surface area contributed by atoms with Gasteiger partial charge in [0.25, 0.3) is 5.91 Å². The molecule has 10 nitrogen and oxygen atoms in total. The minimum Gasteiger partial charge on any atom is -0.381 e. The highest BCUT2D eigenvalue weighted by atomic mass is 32.2. The summed E-state index contributed by atoms with van der Waals surface area (Å²) in [5, 5.41) is 3.45. The number of fused-ring (bicyclic) bond motifs is 2. The van der Waals surface area contributed by atoms with E-state index in [1.165, 1.54) is 15.5 Å². The van der Waals surface area contributed by atoms with E-state index in [1.54, 1.807) is 37.1 Å². The molecule has 0 radical (unpaired) electrons. The van der Waals surface area contributed by atoms with Crippen molar-refractivity contribution in [3.63, 3.8) is 0 Å². The van der Waals surface area contributed by atoms with Crippen LogP contribution in [-0.4, -0.2) is 67.8 Å². The molecule has 1 saturated carbocycles. The Labute approximate surface area is 229 Å². The van der Waals surface area contributed by atoms with Crippen LogP contribution in [0.5, 0.6) is 0 Å². The molecule has 11 heteroatoms. The van der Waals surface area contributed by atoms with Gasteiger partial charge in [0.2, 0.25) is 10.0 Å². The highest BCUT2D eigenvalue weighted by Crippen LogP contribution is 2.54. The fourth-order valence-corrected chi connectivity index (χ4v) is 7.29. The molecule has 1 aliphatic carbocycles. The Morgan fingerprint density at radius 2 is 1.85 bits per heavy atom. The fourth-order valence-electron chi connectivity index (χ4n) is 6.30. The van der Waals surface area contributed by atoms with Crippen LogP contribution in [0, 0.1) is 0 Å². The predicted octanol–water partition coefficient (Wildman–Crippen LogP) is 3.62. The van der Waals surface area contributed by atoms with Gasteiger partial charge in [-0.15, -0.1) is 0 Å². The van der Waals surface area contributed by atoms with Gasteiger partial charge in [-0.2, -0.15) is 0 Å². The summed E-state index contributed by atoms with van der Waals surface area (Å²) in [6.45, 7) is 5.58. The number of urea groups is 1. The van der Waals surface area contributed by atoms with Crippen LogP contribution >= 0.6 is 0 Å². The van der Waals surface area contributed by atoms with Crippen molar-refractivity contribution < 1.29 is 22.7 Å². The molecule has 1 N–H and O–H groups in total. The number of sulfonamides is 1. The Morgan fingerprint density at radius 1 is 1.10 bits per heavy atom. The summed E-state index contributed by atoms with van der Waals surface area (Å²) in [4.78, 5) is 34.6. The van der Waals surface area contributed by atoms with Crippen molar-refractivity contribution in [2.24, 2.45) is 0 Å². The van der Waals surface area contributed by atoms with Gasteiger partial charge in [0.05, 0.1) is 17.6 Å². The number of imide groups is 1. The standard InChI is InChI=1S/C28H35N5O5S/c1-27(2)25(34)33(21-5-6-22-23(16-21)32(39(3,36)37)18-28(22)10-4-11-28)26(35)31(27)17-19-7-12-29-24(15-19)30-20-8-13-38-14-9-20/h5-7,12,15-16,20H,4,8-11,13-14,17-18H2,1-3H3,(H,29,30). The van der Waals surface area contributed by atoms with Crippen molar-refractivity contribution in [1.29, 1.82) is 0 Å². The number of anilines is 3. The molecule has 39 heavy (non-hydrogen) atoms. The summed E-state index contributed by atoms with van der Waals surface area (Å²) in [5.41, 5.74) is 1.56. The normalized spacial score (nSPS) is 22.4. The van der Waals surface area contributed by atoms with Gasteiger partial charge in [-0.25, -0.2) is 23.1 Å². The molecular weight excluding hydrogens is 518 g/mol. The van der Waals surface area contributed by atoms with Gasteiger partial charge in [-0.05, 0) is 74.9 Å². The summed E-state index contributed by atoms with van der Waals surface area (Å²) in [7, 11) is -3.50. The van der Waals surface area contributed by atoms with E-state index < -0.39 is 21.6 Å². The SMILES string of the molecule is CC1(C)C(=O)N(c2ccc3c(c2)N(S(C)(=O)=O)CC32CCC2)C(=O)N1Cc1ccnc(NC2CCOCC2)c1. The second kappa shape index (κ2) is 9.19. The molecular formula is C28H35N5O5S. The first-order valence-electron chi connectivity index (χ1n) is 13.6. The highest BCUT2D eigenvalue weighted by molar-refractivity contribution is 7.92. The van der Waals surface area contributed by atoms with E-state index in [9.17, 15) is 18.0 Å². The number of carbonyl (C=O) groups is 2. The predicted molar refractivity (Wildman–Crippen MR) is 148 cm³/mol. The van der Waals surface area contributed by atoms with Gasteiger partial charge < -0.3 is 15.0 Å². The molecule has 6 rings (SSSR count). The highest BCUT2D eigenvalue weighted by Gasteiger charge is 2.53. The van der Waals surface area contributed by atoms with Gasteiger partial charge >= 0.3 is 6.03 Å². The van der Waals surface area contributed by atoms with Gasteiger partial charge in [0.15, 0.2) is 0 Å². The van der Waals surface area contributed by atoms with Crippen molar-refractivity contribution in [1.82, 2.24) is 9.88 Å². The minimum atomic E-state index is -3.50. The van der Waals surface area contributed by atoms with E-state index in [0.717, 1.165) is 62.3 Å². The summed E-state index contributed by atoms with van der Waals surface area (Å²) in [5.74, 6) is 0.390. The van der Waals surface area contributed by atoms with E-state index in [1.807, 2.05) is 18.2 Å². The van der Waals surface area contributed by atoms with Crippen molar-refractivity contribution in [3.8, 4) is 0 Å². The number of ether oxygens (including phenoxy) is 1. The number of pyridine rings is 1. The van der Waals surface area contributed by atoms with E-state index in [-0.39, 0.29) is 23.9 Å². The molecule has 0 atom stereocenters. The second-order valence-electron chi connectivity index (χ2n) is 11.8. The number of benzene rings is 1. The van der Waals surface area contributed by atoms with Crippen LogP contribution < -0.4 is 14.5 Å². The molecule has 0 bridgehead atoms. The van der Waals surface area contributed by atoms with Gasteiger partial charge in [0, 0.05) is 44.0 Å². The number of amides is 3. The maximum atomic E-state index is 13.8. The number of hydrogen-bond acceptors (Lipinski definition) is 7. The average molecular weight is 554 g/mol. The third-order valence-electron chi connectivity index (χ3n) is 8.80. The van der Waals surface area contributed by atoms with Crippen LogP contribution in [0.15, 0.2) is 36.5 Å². The van der Waals surface area contributed by atoms with Crippen molar-refractivity contribution in [2.75, 3.05) is 40.5 Å². The average Bonchev–Trinajstić information content (AvgIpc) is 3.31. The number of carbonyl (C=O) groups excluding carboxylic acids is 2. The first-order chi connectivity index (χ1) is 18.5. The molecule has 1 spiro atoms. The van der Waals surface area contributed by atoms with Crippen LogP contribution in [0.1, 0.15) is 57.1 Å². The Morgan fingerprint density at radius 3 is 2.51 bits per heavy atom. The van der Waals surface area contributed by atoms with Crippen LogP contribution in [0.25, 0.3) is 0 Å². The quantitative estimate of drug-likeness (QED) is 0.544. The molecule has 1 aromatic heterocycles. The summed E-state index contributed by atoms with van der Waals surface area (Å²) < 4.78 is 32.2. The van der Waals surface area contributed by atoms with Crippen molar-refractivity contribution >= 4 is 39.2 Å². The van der Waals surface area contributed by atoms with Gasteiger partial charge in [0.1, 0.15) is 11.4 Å². The molecule has 3 fully saturated rings. The molecule has 4 aliphatic rings. The lowest BCUT2D eigenvalue weighted by Crippen LogP contribution is -2.43. The first-order valence-corrected chi connectivity index (χ1v) is 15.4. The third kappa shape index (κ3) is 4.35. The lowest BCUT2D eigenvalue weighted by atomic mass is 9.66. The van der Waals surface area contributed by atoms with Crippen LogP contribution in [0.3, 0.4) is 0 Å². The monoisotopic (exact) mass is 553 g/mol. The Bertz CT molecular complexity index is 1430. The van der Waals surface area contributed by atoms with Crippen LogP contribution in [0.4, 0.5) is 22.0 Å². The Kier molecular flexibility index (Phi) is 6.14. The molecule has 2 saturated heterocycles. The molecule has 3 aliphatic heterocycles. The number of hydrogen-bond donors (Lipinski definition) is 1. The Hall–Kier alpha value is -3.18. The van der Waals surface area contributed by atoms with Crippen molar-refractivity contribution in [3.05, 3.63) is 47.7 Å². The minimum absolute atomic E-state index is 0.168. The van der Waals surface area contributed by atoms with E-state index >= 15 is 0 Å². The number of rotatable bonds is 6. The lowest BCUT2D eigenvalue weighted by Gasteiger charge is -2.38. The van der Waals surface area contributed by atoms with E-state index in [2.05, 4.69) is 10.3 Å². The summed E-state index contributed by atoms with van der Waals surface area (Å²) in [6, 6.07) is 9.01. The maximum Gasteiger partial charge on any atom is 0.332 e. The Balaban J connectivity index is 1.27. The van der Waals surface area contributed by atoms with Crippen LogP contribution in [0.2, 0.25) is 0 Å². The zero-order chi connectivity index (χ0) is 27.6. The van der Waals surface area contributed by atoms with E-state index in [0.29, 0.717) is 17.9 Å². The second-order valence-corrected chi connectivity index (χ2v) is 13.7. The maximum absolute atomic E-state index is 13.8. The molecule has 4 heterocycles. The number of aromatic nitrogens is 1. The molecule has 3 amide bonds. The molecule has 0 unspecified atom stereocenters. The van der Waals surface area contributed by atoms with Crippen molar-refractivity contribution in [2.45, 2.75) is 69.5 Å². The molecule has 208 valence electrons. The van der Waals surface area contributed by atoms with Gasteiger partial charge in [-0.3, -0.25) is 9.10 Å². The zero-order valence-corrected chi connectivity index (χ0v) is 23.5. The topological polar surface area (TPSA) is 112 Å². The third-order valence-corrected chi connectivity index (χ3v) is 9.93. The molecule has 2 aromatic rings. The largest absolute Gasteiger partial charge is 0.381 e. The van der Waals surface area contributed by atoms with E-state index in [4.69, 9.17) is 4.74 Å². The first kappa shape index (κ1) is 26.1. The summed E-state index contributed by atoms with van der Waals surface area (Å²) >= 11 is 0. The number of nitrogens with zero attached hydrogens (tertiary/aromatic N) is 4.